The Morgan fingerprint density at radius 2 is 2.08 bits per heavy atom. The van der Waals surface area contributed by atoms with Gasteiger partial charge >= 0.3 is 0 Å². The summed E-state index contributed by atoms with van der Waals surface area (Å²) >= 11 is 0. The van der Waals surface area contributed by atoms with Gasteiger partial charge in [0.25, 0.3) is 0 Å². The van der Waals surface area contributed by atoms with Crippen LogP contribution in [0.25, 0.3) is 0 Å². The van der Waals surface area contributed by atoms with Crippen molar-refractivity contribution in [3.63, 3.8) is 0 Å². The van der Waals surface area contributed by atoms with Crippen molar-refractivity contribution in [2.75, 3.05) is 27.2 Å². The number of carbonyl (C=O) groups excluding carboxylic acids is 1. The normalized spacial score (nSPS) is 18.4. The van der Waals surface area contributed by atoms with Crippen molar-refractivity contribution in [3.8, 4) is 0 Å². The fraction of sp³-hybridized carbons (Fsp3) is 0.900. The number of hydrogen-bond donors (Lipinski definition) is 1. The Morgan fingerprint density at radius 1 is 1.46 bits per heavy atom. The molecule has 0 aliphatic heterocycles. The highest BCUT2D eigenvalue weighted by molar-refractivity contribution is 5.75. The standard InChI is InChI=1S/C10H20N2O/c1-10(5-6-10)8-11-7-4-9(13)12(2)3/h11H,4-8H2,1-3H3. The van der Waals surface area contributed by atoms with Crippen LogP contribution in [0, 0.1) is 5.41 Å². The maximum atomic E-state index is 11.2. The van der Waals surface area contributed by atoms with Gasteiger partial charge in [0.2, 0.25) is 5.91 Å². The van der Waals surface area contributed by atoms with Crippen molar-refractivity contribution < 1.29 is 4.79 Å². The van der Waals surface area contributed by atoms with Crippen LogP contribution in [-0.2, 0) is 4.79 Å². The highest BCUT2D eigenvalue weighted by Crippen LogP contribution is 2.43. The van der Waals surface area contributed by atoms with E-state index in [-0.39, 0.29) is 5.91 Å². The molecular weight excluding hydrogens is 164 g/mol. The maximum absolute atomic E-state index is 11.2. The second-order valence-corrected chi connectivity index (χ2v) is 4.53. The van der Waals surface area contributed by atoms with Crippen molar-refractivity contribution in [2.45, 2.75) is 26.2 Å². The first kappa shape index (κ1) is 10.5. The molecule has 0 atom stereocenters. The molecule has 0 spiro atoms. The van der Waals surface area contributed by atoms with E-state index in [0.29, 0.717) is 11.8 Å². The molecule has 0 saturated heterocycles. The van der Waals surface area contributed by atoms with Crippen LogP contribution >= 0.6 is 0 Å². The van der Waals surface area contributed by atoms with Gasteiger partial charge in [-0.15, -0.1) is 0 Å². The Bertz CT molecular complexity index is 185. The number of carbonyl (C=O) groups is 1. The van der Waals surface area contributed by atoms with Gasteiger partial charge in [-0.1, -0.05) is 6.92 Å². The van der Waals surface area contributed by atoms with Crippen LogP contribution in [0.5, 0.6) is 0 Å². The highest BCUT2D eigenvalue weighted by Gasteiger charge is 2.36. The lowest BCUT2D eigenvalue weighted by atomic mass is 10.1. The fourth-order valence-corrected chi connectivity index (χ4v) is 1.20. The average molecular weight is 184 g/mol. The molecule has 0 heterocycles. The van der Waals surface area contributed by atoms with E-state index in [1.165, 1.54) is 12.8 Å². The van der Waals surface area contributed by atoms with Gasteiger partial charge < -0.3 is 10.2 Å². The lowest BCUT2D eigenvalue weighted by molar-refractivity contribution is -0.128. The first-order valence-corrected chi connectivity index (χ1v) is 4.94. The van der Waals surface area contributed by atoms with Crippen LogP contribution in [-0.4, -0.2) is 38.0 Å². The van der Waals surface area contributed by atoms with E-state index >= 15 is 0 Å². The Labute approximate surface area is 80.5 Å². The molecule has 3 nitrogen and oxygen atoms in total. The highest BCUT2D eigenvalue weighted by atomic mass is 16.2. The number of nitrogens with zero attached hydrogens (tertiary/aromatic N) is 1. The second kappa shape index (κ2) is 4.09. The molecule has 1 aliphatic carbocycles. The van der Waals surface area contributed by atoms with E-state index < -0.39 is 0 Å². The Kier molecular flexibility index (Phi) is 3.31. The number of hydrogen-bond acceptors (Lipinski definition) is 2. The predicted octanol–water partition coefficient (Wildman–Crippen LogP) is 0.854. The summed E-state index contributed by atoms with van der Waals surface area (Å²) < 4.78 is 0. The molecule has 0 aromatic carbocycles. The number of amides is 1. The molecule has 0 aromatic rings. The molecule has 13 heavy (non-hydrogen) atoms. The summed E-state index contributed by atoms with van der Waals surface area (Å²) in [6, 6.07) is 0. The quantitative estimate of drug-likeness (QED) is 0.643. The van der Waals surface area contributed by atoms with E-state index in [1.54, 1.807) is 19.0 Å². The third kappa shape index (κ3) is 3.77. The minimum absolute atomic E-state index is 0.202. The van der Waals surface area contributed by atoms with Gasteiger partial charge in [-0.2, -0.15) is 0 Å². The first-order valence-electron chi connectivity index (χ1n) is 4.94. The summed E-state index contributed by atoms with van der Waals surface area (Å²) in [6.45, 7) is 4.16. The molecule has 0 bridgehead atoms. The van der Waals surface area contributed by atoms with Crippen LogP contribution in [0.1, 0.15) is 26.2 Å². The molecule has 1 saturated carbocycles. The SMILES string of the molecule is CN(C)C(=O)CCNCC1(C)CC1. The zero-order valence-electron chi connectivity index (χ0n) is 8.89. The van der Waals surface area contributed by atoms with Gasteiger partial charge in [0, 0.05) is 33.6 Å². The van der Waals surface area contributed by atoms with Crippen LogP contribution < -0.4 is 5.32 Å². The minimum Gasteiger partial charge on any atom is -0.349 e. The molecule has 0 aromatic heterocycles. The van der Waals surface area contributed by atoms with E-state index in [9.17, 15) is 4.79 Å². The molecule has 1 rings (SSSR count). The van der Waals surface area contributed by atoms with Gasteiger partial charge in [-0.3, -0.25) is 4.79 Å². The lowest BCUT2D eigenvalue weighted by Crippen LogP contribution is -2.29. The Balaban J connectivity index is 1.98. The average Bonchev–Trinajstić information content (AvgIpc) is 2.78. The molecular formula is C10H20N2O. The van der Waals surface area contributed by atoms with E-state index in [2.05, 4.69) is 12.2 Å². The number of nitrogens with one attached hydrogen (secondary N) is 1. The number of rotatable bonds is 5. The summed E-state index contributed by atoms with van der Waals surface area (Å²) in [7, 11) is 3.59. The molecule has 1 fully saturated rings. The largest absolute Gasteiger partial charge is 0.349 e. The van der Waals surface area contributed by atoms with Crippen molar-refractivity contribution in [1.82, 2.24) is 10.2 Å². The van der Waals surface area contributed by atoms with Crippen molar-refractivity contribution >= 4 is 5.91 Å². The van der Waals surface area contributed by atoms with E-state index in [1.807, 2.05) is 0 Å². The Hall–Kier alpha value is -0.570. The third-order valence-corrected chi connectivity index (χ3v) is 2.67. The zero-order chi connectivity index (χ0) is 9.90. The molecule has 0 unspecified atom stereocenters. The van der Waals surface area contributed by atoms with Crippen LogP contribution in [0.2, 0.25) is 0 Å². The van der Waals surface area contributed by atoms with Gasteiger partial charge in [0.15, 0.2) is 0 Å². The maximum Gasteiger partial charge on any atom is 0.223 e. The van der Waals surface area contributed by atoms with Crippen LogP contribution in [0.15, 0.2) is 0 Å². The monoisotopic (exact) mass is 184 g/mol. The third-order valence-electron chi connectivity index (χ3n) is 2.67. The van der Waals surface area contributed by atoms with Gasteiger partial charge in [-0.05, 0) is 18.3 Å². The first-order chi connectivity index (χ1) is 6.03. The van der Waals surface area contributed by atoms with Crippen molar-refractivity contribution in [3.05, 3.63) is 0 Å². The predicted molar refractivity (Wildman–Crippen MR) is 53.5 cm³/mol. The van der Waals surface area contributed by atoms with Crippen LogP contribution in [0.3, 0.4) is 0 Å². The molecule has 3 heteroatoms. The summed E-state index contributed by atoms with van der Waals surface area (Å²) in [5.41, 5.74) is 0.543. The topological polar surface area (TPSA) is 32.3 Å². The van der Waals surface area contributed by atoms with E-state index in [0.717, 1.165) is 13.1 Å². The van der Waals surface area contributed by atoms with Gasteiger partial charge in [0.1, 0.15) is 0 Å². The molecule has 1 amide bonds. The fourth-order valence-electron chi connectivity index (χ4n) is 1.20. The molecule has 76 valence electrons. The Morgan fingerprint density at radius 3 is 2.54 bits per heavy atom. The zero-order valence-corrected chi connectivity index (χ0v) is 8.89. The molecule has 0 radical (unpaired) electrons. The second-order valence-electron chi connectivity index (χ2n) is 4.53. The molecule has 1 aliphatic rings. The lowest BCUT2D eigenvalue weighted by Gasteiger charge is -2.12. The van der Waals surface area contributed by atoms with Crippen LogP contribution in [0.4, 0.5) is 0 Å². The smallest absolute Gasteiger partial charge is 0.223 e. The van der Waals surface area contributed by atoms with Gasteiger partial charge in [-0.25, -0.2) is 0 Å². The molecule has 1 N–H and O–H groups in total. The van der Waals surface area contributed by atoms with Gasteiger partial charge in [0.05, 0.1) is 0 Å². The summed E-state index contributed by atoms with van der Waals surface area (Å²) in [5, 5.41) is 3.33. The van der Waals surface area contributed by atoms with E-state index in [4.69, 9.17) is 0 Å². The summed E-state index contributed by atoms with van der Waals surface area (Å²) in [4.78, 5) is 12.8. The van der Waals surface area contributed by atoms with Crippen molar-refractivity contribution in [2.24, 2.45) is 5.41 Å². The minimum atomic E-state index is 0.202. The summed E-state index contributed by atoms with van der Waals surface area (Å²) in [5.74, 6) is 0.202. The summed E-state index contributed by atoms with van der Waals surface area (Å²) in [6.07, 6.45) is 3.28. The van der Waals surface area contributed by atoms with Crippen molar-refractivity contribution in [1.29, 1.82) is 0 Å².